The lowest BCUT2D eigenvalue weighted by Crippen LogP contribution is -2.47. The molecule has 1 fully saturated rings. The summed E-state index contributed by atoms with van der Waals surface area (Å²) >= 11 is 0. The van der Waals surface area contributed by atoms with Crippen LogP contribution in [-0.2, 0) is 0 Å². The number of anilines is 2. The molecule has 0 aromatic carbocycles. The zero-order chi connectivity index (χ0) is 19.7. The van der Waals surface area contributed by atoms with Crippen molar-refractivity contribution in [2.75, 3.05) is 23.3 Å². The molecule has 3 aromatic heterocycles. The molecule has 4 N–H and O–H groups in total. The van der Waals surface area contributed by atoms with Gasteiger partial charge in [0.05, 0.1) is 16.8 Å². The third-order valence-electron chi connectivity index (χ3n) is 5.34. The van der Waals surface area contributed by atoms with Gasteiger partial charge in [0.1, 0.15) is 17.5 Å². The van der Waals surface area contributed by atoms with Crippen LogP contribution in [0.1, 0.15) is 29.3 Å². The Balaban J connectivity index is 1.62. The van der Waals surface area contributed by atoms with Crippen LogP contribution in [0.3, 0.4) is 0 Å². The molecule has 0 saturated carbocycles. The number of H-pyrrole nitrogens is 1. The number of nitrogens with zero attached hydrogens (tertiary/aromatic N) is 4. The number of primary amides is 1. The fourth-order valence-electron chi connectivity index (χ4n) is 3.64. The first-order valence-corrected chi connectivity index (χ1v) is 9.20. The third-order valence-corrected chi connectivity index (χ3v) is 5.34. The number of carbonyl (C=O) groups excluding carboxylic acids is 1. The third kappa shape index (κ3) is 3.22. The number of nitrogens with two attached hydrogens (primary N) is 1. The van der Waals surface area contributed by atoms with Gasteiger partial charge in [0, 0.05) is 43.1 Å². The highest BCUT2D eigenvalue weighted by atomic mass is 16.1. The largest absolute Gasteiger partial charge is 0.379 e. The molecule has 0 radical (unpaired) electrons. The van der Waals surface area contributed by atoms with Crippen LogP contribution in [0.4, 0.5) is 11.5 Å². The molecule has 1 amide bonds. The van der Waals surface area contributed by atoms with Gasteiger partial charge < -0.3 is 20.9 Å². The van der Waals surface area contributed by atoms with E-state index in [2.05, 4.69) is 38.2 Å². The average Bonchev–Trinajstić information content (AvgIpc) is 3.19. The van der Waals surface area contributed by atoms with Crippen molar-refractivity contribution in [2.24, 2.45) is 11.7 Å². The Labute approximate surface area is 162 Å². The highest BCUT2D eigenvalue weighted by Gasteiger charge is 2.28. The number of amides is 1. The van der Waals surface area contributed by atoms with Crippen molar-refractivity contribution >= 4 is 28.4 Å². The van der Waals surface area contributed by atoms with Crippen molar-refractivity contribution in [1.82, 2.24) is 15.0 Å². The van der Waals surface area contributed by atoms with Gasteiger partial charge in [-0.05, 0) is 30.5 Å². The topological polar surface area (TPSA) is 124 Å². The van der Waals surface area contributed by atoms with Crippen LogP contribution in [0, 0.1) is 17.2 Å². The summed E-state index contributed by atoms with van der Waals surface area (Å²) in [6.45, 7) is 3.81. The minimum Gasteiger partial charge on any atom is -0.379 e. The van der Waals surface area contributed by atoms with Crippen molar-refractivity contribution in [3.8, 4) is 6.07 Å². The molecule has 1 saturated heterocycles. The van der Waals surface area contributed by atoms with E-state index in [0.717, 1.165) is 30.7 Å². The first-order chi connectivity index (χ1) is 13.6. The first kappa shape index (κ1) is 17.8. The Kier molecular flexibility index (Phi) is 4.57. The number of hydrogen-bond acceptors (Lipinski definition) is 6. The maximum atomic E-state index is 11.9. The maximum Gasteiger partial charge on any atom is 0.252 e. The number of piperidine rings is 1. The molecule has 4 rings (SSSR count). The van der Waals surface area contributed by atoms with Crippen LogP contribution >= 0.6 is 0 Å². The minimum absolute atomic E-state index is 0.102. The van der Waals surface area contributed by atoms with Gasteiger partial charge in [-0.2, -0.15) is 5.26 Å². The van der Waals surface area contributed by atoms with Crippen LogP contribution in [0.25, 0.3) is 11.0 Å². The number of nitriles is 1. The molecule has 2 atom stereocenters. The van der Waals surface area contributed by atoms with E-state index in [4.69, 9.17) is 11.0 Å². The van der Waals surface area contributed by atoms with E-state index >= 15 is 0 Å². The molecule has 8 heteroatoms. The lowest BCUT2D eigenvalue weighted by Gasteiger charge is -2.39. The average molecular weight is 375 g/mol. The fraction of sp³-hybridized carbons (Fsp3) is 0.300. The van der Waals surface area contributed by atoms with E-state index in [0.29, 0.717) is 28.4 Å². The molecule has 1 aliphatic rings. The van der Waals surface area contributed by atoms with Gasteiger partial charge in [-0.25, -0.2) is 9.97 Å². The predicted octanol–water partition coefficient (Wildman–Crippen LogP) is 2.26. The van der Waals surface area contributed by atoms with E-state index in [1.807, 2.05) is 12.1 Å². The molecule has 8 nitrogen and oxygen atoms in total. The number of hydrogen-bond donors (Lipinski definition) is 3. The molecule has 142 valence electrons. The normalized spacial score (nSPS) is 19.4. The number of aromatic amines is 1. The second-order valence-electron chi connectivity index (χ2n) is 7.13. The van der Waals surface area contributed by atoms with E-state index in [-0.39, 0.29) is 6.04 Å². The monoisotopic (exact) mass is 375 g/mol. The minimum atomic E-state index is -0.507. The number of rotatable bonds is 4. The molecule has 4 heterocycles. The summed E-state index contributed by atoms with van der Waals surface area (Å²) in [6, 6.07) is 7.74. The van der Waals surface area contributed by atoms with E-state index < -0.39 is 5.91 Å². The smallest absolute Gasteiger partial charge is 0.252 e. The fourth-order valence-corrected chi connectivity index (χ4v) is 3.64. The summed E-state index contributed by atoms with van der Waals surface area (Å²) in [5.41, 5.74) is 7.93. The quantitative estimate of drug-likeness (QED) is 0.642. The van der Waals surface area contributed by atoms with Crippen LogP contribution < -0.4 is 16.0 Å². The number of nitrogens with one attached hydrogen (secondary N) is 2. The molecule has 0 bridgehead atoms. The molecule has 28 heavy (non-hydrogen) atoms. The van der Waals surface area contributed by atoms with Crippen molar-refractivity contribution in [2.45, 2.75) is 19.4 Å². The van der Waals surface area contributed by atoms with Crippen molar-refractivity contribution in [1.29, 1.82) is 5.26 Å². The molecule has 0 unspecified atom stereocenters. The summed E-state index contributed by atoms with van der Waals surface area (Å²) in [6.07, 6.45) is 5.88. The Hall–Kier alpha value is -3.60. The van der Waals surface area contributed by atoms with E-state index in [1.165, 1.54) is 6.20 Å². The zero-order valence-electron chi connectivity index (χ0n) is 15.5. The summed E-state index contributed by atoms with van der Waals surface area (Å²) in [7, 11) is 0. The van der Waals surface area contributed by atoms with Crippen molar-refractivity contribution in [3.05, 3.63) is 47.9 Å². The predicted molar refractivity (Wildman–Crippen MR) is 107 cm³/mol. The van der Waals surface area contributed by atoms with E-state index in [1.54, 1.807) is 18.5 Å². The van der Waals surface area contributed by atoms with Gasteiger partial charge in [0.15, 0.2) is 0 Å². The zero-order valence-corrected chi connectivity index (χ0v) is 15.5. The summed E-state index contributed by atoms with van der Waals surface area (Å²) in [5.74, 6) is 0.735. The Morgan fingerprint density at radius 2 is 2.21 bits per heavy atom. The lowest BCUT2D eigenvalue weighted by molar-refractivity contribution is 0.100. The van der Waals surface area contributed by atoms with Crippen LogP contribution in [0.5, 0.6) is 0 Å². The van der Waals surface area contributed by atoms with Crippen LogP contribution in [0.2, 0.25) is 0 Å². The van der Waals surface area contributed by atoms with Gasteiger partial charge in [-0.1, -0.05) is 6.92 Å². The van der Waals surface area contributed by atoms with Crippen molar-refractivity contribution < 1.29 is 4.79 Å². The molecule has 0 aliphatic carbocycles. The second kappa shape index (κ2) is 7.19. The standard InChI is InChI=1S/C20H21N7O/c1-12-5-7-27(17-3-2-13(8-21)9-24-17)11-16(12)26-18-14-4-6-23-20(14)25-10-15(18)19(22)28/h2-4,6,9-10,12,16H,5,7,11H2,1H3,(H2,22,28)(H2,23,25,26)/t12-,16+/m1/s1. The van der Waals surface area contributed by atoms with E-state index in [9.17, 15) is 4.79 Å². The second-order valence-corrected chi connectivity index (χ2v) is 7.13. The van der Waals surface area contributed by atoms with Gasteiger partial charge in [0.25, 0.3) is 5.91 Å². The van der Waals surface area contributed by atoms with Crippen LogP contribution in [-0.4, -0.2) is 40.0 Å². The number of aromatic nitrogens is 3. The Morgan fingerprint density at radius 1 is 1.36 bits per heavy atom. The van der Waals surface area contributed by atoms with Gasteiger partial charge in [-0.3, -0.25) is 4.79 Å². The first-order valence-electron chi connectivity index (χ1n) is 9.20. The Morgan fingerprint density at radius 3 is 2.93 bits per heavy atom. The molecule has 0 spiro atoms. The highest BCUT2D eigenvalue weighted by molar-refractivity contribution is 6.06. The number of pyridine rings is 2. The lowest BCUT2D eigenvalue weighted by atomic mass is 9.92. The summed E-state index contributed by atoms with van der Waals surface area (Å²) in [4.78, 5) is 25.9. The van der Waals surface area contributed by atoms with Crippen molar-refractivity contribution in [3.63, 3.8) is 0 Å². The molecule has 1 aliphatic heterocycles. The maximum absolute atomic E-state index is 11.9. The van der Waals surface area contributed by atoms with Gasteiger partial charge in [-0.15, -0.1) is 0 Å². The highest BCUT2D eigenvalue weighted by Crippen LogP contribution is 2.30. The molecular weight excluding hydrogens is 354 g/mol. The van der Waals surface area contributed by atoms with Gasteiger partial charge in [0.2, 0.25) is 0 Å². The van der Waals surface area contributed by atoms with Crippen LogP contribution in [0.15, 0.2) is 36.8 Å². The summed E-state index contributed by atoms with van der Waals surface area (Å²) < 4.78 is 0. The number of fused-ring (bicyclic) bond motifs is 1. The SMILES string of the molecule is C[C@@H]1CCN(c2ccc(C#N)cn2)C[C@@H]1Nc1c(C(N)=O)cnc2[nH]ccc12. The van der Waals surface area contributed by atoms with Gasteiger partial charge >= 0.3 is 0 Å². The number of carbonyl (C=O) groups is 1. The summed E-state index contributed by atoms with van der Waals surface area (Å²) in [5, 5.41) is 13.4. The molecule has 3 aromatic rings. The molecular formula is C20H21N7O. The Bertz CT molecular complexity index is 1050.